The van der Waals surface area contributed by atoms with Crippen LogP contribution in [0.1, 0.15) is 17.0 Å². The molecule has 3 aromatic rings. The molecular weight excluding hydrogens is 363 g/mol. The Balaban J connectivity index is 1.63. The van der Waals surface area contributed by atoms with Crippen LogP contribution < -0.4 is 10.1 Å². The number of nitrogens with one attached hydrogen (secondary N) is 1. The highest BCUT2D eigenvalue weighted by atomic mass is 19.4. The molecule has 138 valence electrons. The number of tetrazole rings is 1. The average Bonchev–Trinajstić information content (AvgIpc) is 3.04. The van der Waals surface area contributed by atoms with Crippen LogP contribution in [-0.4, -0.2) is 32.3 Å². The fourth-order valence-corrected chi connectivity index (χ4v) is 2.90. The van der Waals surface area contributed by atoms with Crippen LogP contribution in [0.4, 0.5) is 19.1 Å². The maximum absolute atomic E-state index is 12.9. The standard InChI is InChI=1S/C17H12F3N5O2/c18-17(19,20)9-25-23-16(22-24-25)21-15(26)14-10-5-1-3-7-12(10)27-13-8-4-2-6-11(13)14/h1-8,14H,9H2,(H,21,23,26). The zero-order valence-electron chi connectivity index (χ0n) is 13.6. The van der Waals surface area contributed by atoms with Gasteiger partial charge in [0.05, 0.1) is 5.92 Å². The number of alkyl halides is 3. The lowest BCUT2D eigenvalue weighted by atomic mass is 9.87. The van der Waals surface area contributed by atoms with Crippen molar-refractivity contribution in [3.8, 4) is 11.5 Å². The first kappa shape index (κ1) is 17.0. The van der Waals surface area contributed by atoms with Crippen LogP contribution in [0.25, 0.3) is 0 Å². The SMILES string of the molecule is O=C(Nc1nnn(CC(F)(F)F)n1)C1c2ccccc2Oc2ccccc21. The second-order valence-electron chi connectivity index (χ2n) is 5.86. The summed E-state index contributed by atoms with van der Waals surface area (Å²) in [6.45, 7) is -1.39. The Morgan fingerprint density at radius 1 is 1.07 bits per heavy atom. The van der Waals surface area contributed by atoms with Gasteiger partial charge in [0.2, 0.25) is 5.91 Å². The lowest BCUT2D eigenvalue weighted by Gasteiger charge is -2.26. The monoisotopic (exact) mass is 375 g/mol. The minimum atomic E-state index is -4.49. The van der Waals surface area contributed by atoms with Crippen molar-refractivity contribution in [3.05, 3.63) is 59.7 Å². The minimum absolute atomic E-state index is 0.300. The van der Waals surface area contributed by atoms with E-state index in [2.05, 4.69) is 20.7 Å². The molecule has 1 aromatic heterocycles. The third kappa shape index (κ3) is 3.46. The smallest absolute Gasteiger partial charge is 0.409 e. The number of nitrogens with zero attached hydrogens (tertiary/aromatic N) is 4. The molecule has 0 unspecified atom stereocenters. The molecule has 7 nitrogen and oxygen atoms in total. The van der Waals surface area contributed by atoms with Crippen molar-refractivity contribution in [2.45, 2.75) is 18.6 Å². The molecule has 1 N–H and O–H groups in total. The van der Waals surface area contributed by atoms with Crippen molar-refractivity contribution >= 4 is 11.9 Å². The molecule has 0 saturated heterocycles. The summed E-state index contributed by atoms with van der Waals surface area (Å²) in [7, 11) is 0. The van der Waals surface area contributed by atoms with Gasteiger partial charge in [-0.15, -0.1) is 5.10 Å². The van der Waals surface area contributed by atoms with Gasteiger partial charge in [0, 0.05) is 11.1 Å². The van der Waals surface area contributed by atoms with E-state index in [9.17, 15) is 18.0 Å². The number of hydrogen-bond acceptors (Lipinski definition) is 5. The summed E-state index contributed by atoms with van der Waals surface area (Å²) in [5, 5.41) is 12.8. The van der Waals surface area contributed by atoms with E-state index in [0.29, 0.717) is 27.4 Å². The molecule has 0 bridgehead atoms. The number of carbonyl (C=O) groups excluding carboxylic acids is 1. The molecule has 0 fully saturated rings. The predicted octanol–water partition coefficient (Wildman–Crippen LogP) is 3.11. The Hall–Kier alpha value is -3.43. The third-order valence-electron chi connectivity index (χ3n) is 3.95. The van der Waals surface area contributed by atoms with Crippen LogP contribution >= 0.6 is 0 Å². The fraction of sp³-hybridized carbons (Fsp3) is 0.176. The van der Waals surface area contributed by atoms with Crippen LogP contribution in [-0.2, 0) is 11.3 Å². The molecule has 0 spiro atoms. The second kappa shape index (κ2) is 6.38. The van der Waals surface area contributed by atoms with E-state index in [1.165, 1.54) is 0 Å². The van der Waals surface area contributed by atoms with Crippen molar-refractivity contribution in [1.29, 1.82) is 0 Å². The van der Waals surface area contributed by atoms with E-state index in [0.717, 1.165) is 0 Å². The first-order valence-corrected chi connectivity index (χ1v) is 7.92. The van der Waals surface area contributed by atoms with Gasteiger partial charge in [-0.3, -0.25) is 10.1 Å². The maximum atomic E-state index is 12.9. The summed E-state index contributed by atoms with van der Waals surface area (Å²) >= 11 is 0. The van der Waals surface area contributed by atoms with Gasteiger partial charge < -0.3 is 4.74 Å². The second-order valence-corrected chi connectivity index (χ2v) is 5.86. The lowest BCUT2D eigenvalue weighted by molar-refractivity contribution is -0.145. The molecule has 2 aromatic carbocycles. The third-order valence-corrected chi connectivity index (χ3v) is 3.95. The van der Waals surface area contributed by atoms with Gasteiger partial charge in [-0.1, -0.05) is 41.5 Å². The number of hydrogen-bond donors (Lipinski definition) is 1. The van der Waals surface area contributed by atoms with Crippen molar-refractivity contribution in [2.75, 3.05) is 5.32 Å². The van der Waals surface area contributed by atoms with Crippen molar-refractivity contribution in [3.63, 3.8) is 0 Å². The Morgan fingerprint density at radius 3 is 2.26 bits per heavy atom. The Morgan fingerprint density at radius 2 is 1.67 bits per heavy atom. The van der Waals surface area contributed by atoms with Crippen molar-refractivity contribution in [2.24, 2.45) is 0 Å². The number of amides is 1. The number of rotatable bonds is 3. The molecule has 0 saturated carbocycles. The van der Waals surface area contributed by atoms with Gasteiger partial charge in [0.1, 0.15) is 11.5 Å². The summed E-state index contributed by atoms with van der Waals surface area (Å²) in [5.74, 6) is -0.453. The first-order valence-electron chi connectivity index (χ1n) is 7.92. The Kier molecular flexibility index (Phi) is 4.02. The van der Waals surface area contributed by atoms with Crippen LogP contribution in [0.5, 0.6) is 11.5 Å². The number of fused-ring (bicyclic) bond motifs is 2. The van der Waals surface area contributed by atoms with E-state index in [-0.39, 0.29) is 5.95 Å². The van der Waals surface area contributed by atoms with Gasteiger partial charge in [-0.05, 0) is 17.3 Å². The molecule has 1 amide bonds. The number of para-hydroxylation sites is 2. The molecule has 10 heteroatoms. The number of anilines is 1. The zero-order valence-corrected chi connectivity index (χ0v) is 13.6. The molecule has 0 atom stereocenters. The number of ether oxygens (including phenoxy) is 1. The number of aromatic nitrogens is 4. The molecule has 2 heterocycles. The summed E-state index contributed by atoms with van der Waals surface area (Å²) in [4.78, 5) is 13.3. The largest absolute Gasteiger partial charge is 0.457 e. The highest BCUT2D eigenvalue weighted by molar-refractivity contribution is 5.98. The molecule has 1 aliphatic heterocycles. The Bertz CT molecular complexity index is 956. The van der Waals surface area contributed by atoms with Gasteiger partial charge in [-0.25, -0.2) is 0 Å². The molecule has 0 radical (unpaired) electrons. The van der Waals surface area contributed by atoms with Crippen LogP contribution in [0.15, 0.2) is 48.5 Å². The van der Waals surface area contributed by atoms with E-state index in [4.69, 9.17) is 4.74 Å². The lowest BCUT2D eigenvalue weighted by Crippen LogP contribution is -2.25. The number of carbonyl (C=O) groups is 1. The van der Waals surface area contributed by atoms with E-state index >= 15 is 0 Å². The highest BCUT2D eigenvalue weighted by Gasteiger charge is 2.33. The van der Waals surface area contributed by atoms with Gasteiger partial charge in [0.25, 0.3) is 5.95 Å². The summed E-state index contributed by atoms with van der Waals surface area (Å²) < 4.78 is 43.0. The molecule has 27 heavy (non-hydrogen) atoms. The van der Waals surface area contributed by atoms with Crippen LogP contribution in [0.3, 0.4) is 0 Å². The Labute approximate surface area is 150 Å². The van der Waals surface area contributed by atoms with E-state index in [1.807, 2.05) is 0 Å². The van der Waals surface area contributed by atoms with Gasteiger partial charge in [-0.2, -0.15) is 18.0 Å². The summed E-state index contributed by atoms with van der Waals surface area (Å²) in [6.07, 6.45) is -4.49. The zero-order chi connectivity index (χ0) is 19.0. The van der Waals surface area contributed by atoms with Crippen LogP contribution in [0, 0.1) is 0 Å². The van der Waals surface area contributed by atoms with E-state index < -0.39 is 24.5 Å². The number of halogens is 3. The summed E-state index contributed by atoms with van der Waals surface area (Å²) in [6, 6.07) is 14.1. The predicted molar refractivity (Wildman–Crippen MR) is 87.3 cm³/mol. The topological polar surface area (TPSA) is 81.9 Å². The molecule has 0 aliphatic carbocycles. The quantitative estimate of drug-likeness (QED) is 0.761. The number of benzene rings is 2. The van der Waals surface area contributed by atoms with Crippen LogP contribution in [0.2, 0.25) is 0 Å². The summed E-state index contributed by atoms with van der Waals surface area (Å²) in [5.41, 5.74) is 1.27. The minimum Gasteiger partial charge on any atom is -0.457 e. The van der Waals surface area contributed by atoms with Gasteiger partial charge >= 0.3 is 6.18 Å². The average molecular weight is 375 g/mol. The normalized spacial score (nSPS) is 13.4. The molecule has 1 aliphatic rings. The highest BCUT2D eigenvalue weighted by Crippen LogP contribution is 2.44. The van der Waals surface area contributed by atoms with Crippen molar-refractivity contribution in [1.82, 2.24) is 20.2 Å². The maximum Gasteiger partial charge on any atom is 0.409 e. The first-order chi connectivity index (χ1) is 12.9. The van der Waals surface area contributed by atoms with E-state index in [1.54, 1.807) is 48.5 Å². The van der Waals surface area contributed by atoms with Gasteiger partial charge in [0.15, 0.2) is 6.54 Å². The molecular formula is C17H12F3N5O2. The van der Waals surface area contributed by atoms with Crippen molar-refractivity contribution < 1.29 is 22.7 Å². The fourth-order valence-electron chi connectivity index (χ4n) is 2.90. The molecule has 4 rings (SSSR count).